The lowest BCUT2D eigenvalue weighted by atomic mass is 10.1. The Balaban J connectivity index is 1.16. The number of benzene rings is 2. The quantitative estimate of drug-likeness (QED) is 0.663. The summed E-state index contributed by atoms with van der Waals surface area (Å²) in [5.41, 5.74) is 0.620. The molecule has 0 radical (unpaired) electrons. The highest BCUT2D eigenvalue weighted by atomic mass is 32.2. The molecule has 3 heterocycles. The Labute approximate surface area is 189 Å². The van der Waals surface area contributed by atoms with Gasteiger partial charge in [0.2, 0.25) is 15.8 Å². The van der Waals surface area contributed by atoms with E-state index in [1.54, 1.807) is 18.2 Å². The Morgan fingerprint density at radius 1 is 0.938 bits per heavy atom. The first-order valence-corrected chi connectivity index (χ1v) is 12.8. The van der Waals surface area contributed by atoms with Crippen LogP contribution >= 0.6 is 0 Å². The van der Waals surface area contributed by atoms with E-state index in [9.17, 15) is 8.42 Å². The Hall–Kier alpha value is -1.97. The van der Waals surface area contributed by atoms with Crippen molar-refractivity contribution < 1.29 is 22.6 Å². The van der Waals surface area contributed by atoms with Crippen LogP contribution in [0.3, 0.4) is 0 Å². The van der Waals surface area contributed by atoms with Gasteiger partial charge in [0.1, 0.15) is 11.9 Å². The highest BCUT2D eigenvalue weighted by molar-refractivity contribution is 7.89. The minimum Gasteiger partial charge on any atom is -0.490 e. The SMILES string of the molecule is O=S1(=O)c2ccccc2C2(CN1CCCN1CCC(Oc3ccccc3)CC1)OCCO2. The molecule has 8 heteroatoms. The van der Waals surface area contributed by atoms with E-state index in [0.29, 0.717) is 30.2 Å². The molecule has 1 spiro atoms. The molecule has 0 N–H and O–H groups in total. The molecule has 172 valence electrons. The third-order valence-corrected chi connectivity index (χ3v) is 8.42. The van der Waals surface area contributed by atoms with E-state index in [-0.39, 0.29) is 12.6 Å². The predicted octanol–water partition coefficient (Wildman–Crippen LogP) is 2.82. The van der Waals surface area contributed by atoms with Gasteiger partial charge in [-0.05, 0) is 44.0 Å². The molecule has 0 bridgehead atoms. The van der Waals surface area contributed by atoms with E-state index < -0.39 is 15.8 Å². The van der Waals surface area contributed by atoms with Crippen LogP contribution < -0.4 is 4.74 Å². The van der Waals surface area contributed by atoms with Crippen LogP contribution in [0.2, 0.25) is 0 Å². The topological polar surface area (TPSA) is 68.3 Å². The van der Waals surface area contributed by atoms with Crippen molar-refractivity contribution in [3.63, 3.8) is 0 Å². The van der Waals surface area contributed by atoms with Crippen LogP contribution in [-0.4, -0.2) is 69.7 Å². The van der Waals surface area contributed by atoms with Crippen molar-refractivity contribution >= 4 is 10.0 Å². The summed E-state index contributed by atoms with van der Waals surface area (Å²) in [7, 11) is -3.56. The second-order valence-electron chi connectivity index (χ2n) is 8.61. The number of hydrogen-bond acceptors (Lipinski definition) is 6. The summed E-state index contributed by atoms with van der Waals surface area (Å²) in [5.74, 6) is -0.0542. The van der Waals surface area contributed by atoms with Gasteiger partial charge < -0.3 is 19.1 Å². The van der Waals surface area contributed by atoms with Crippen LogP contribution in [0.4, 0.5) is 0 Å². The van der Waals surface area contributed by atoms with Gasteiger partial charge in [-0.2, -0.15) is 4.31 Å². The molecule has 0 aromatic heterocycles. The highest BCUT2D eigenvalue weighted by Crippen LogP contribution is 2.41. The van der Waals surface area contributed by atoms with E-state index in [1.165, 1.54) is 4.31 Å². The number of likely N-dealkylation sites (tertiary alicyclic amines) is 1. The van der Waals surface area contributed by atoms with E-state index in [4.69, 9.17) is 14.2 Å². The molecule has 2 aromatic rings. The summed E-state index contributed by atoms with van der Waals surface area (Å²) >= 11 is 0. The van der Waals surface area contributed by atoms with Crippen molar-refractivity contribution in [2.45, 2.75) is 36.0 Å². The van der Waals surface area contributed by atoms with Crippen molar-refractivity contribution in [1.29, 1.82) is 0 Å². The minimum atomic E-state index is -3.56. The van der Waals surface area contributed by atoms with Crippen LogP contribution in [0.1, 0.15) is 24.8 Å². The number of para-hydroxylation sites is 1. The minimum absolute atomic E-state index is 0.208. The van der Waals surface area contributed by atoms with E-state index >= 15 is 0 Å². The molecule has 5 rings (SSSR count). The van der Waals surface area contributed by atoms with Crippen LogP contribution in [0.25, 0.3) is 0 Å². The first-order chi connectivity index (χ1) is 15.6. The maximum Gasteiger partial charge on any atom is 0.243 e. The molecule has 3 aliphatic heterocycles. The summed E-state index contributed by atoms with van der Waals surface area (Å²) in [5, 5.41) is 0. The molecule has 0 unspecified atom stereocenters. The average Bonchev–Trinajstić information content (AvgIpc) is 3.29. The first kappa shape index (κ1) is 21.9. The fourth-order valence-electron chi connectivity index (χ4n) is 4.86. The first-order valence-electron chi connectivity index (χ1n) is 11.4. The predicted molar refractivity (Wildman–Crippen MR) is 120 cm³/mol. The molecule has 0 atom stereocenters. The van der Waals surface area contributed by atoms with Gasteiger partial charge in [0.15, 0.2) is 0 Å². The van der Waals surface area contributed by atoms with Crippen LogP contribution in [0, 0.1) is 0 Å². The Morgan fingerprint density at radius 3 is 2.38 bits per heavy atom. The lowest BCUT2D eigenvalue weighted by Crippen LogP contribution is -2.50. The fourth-order valence-corrected chi connectivity index (χ4v) is 6.60. The molecule has 0 saturated carbocycles. The van der Waals surface area contributed by atoms with E-state index in [1.807, 2.05) is 36.4 Å². The Morgan fingerprint density at radius 2 is 1.62 bits per heavy atom. The van der Waals surface area contributed by atoms with E-state index in [2.05, 4.69) is 4.90 Å². The zero-order chi connectivity index (χ0) is 22.0. The number of hydrogen-bond donors (Lipinski definition) is 0. The van der Waals surface area contributed by atoms with Crippen molar-refractivity contribution in [3.05, 3.63) is 60.2 Å². The summed E-state index contributed by atoms with van der Waals surface area (Å²) in [6.07, 6.45) is 2.97. The van der Waals surface area contributed by atoms with Gasteiger partial charge in [0.05, 0.1) is 24.7 Å². The largest absolute Gasteiger partial charge is 0.490 e. The number of sulfonamides is 1. The molecule has 2 fully saturated rings. The Bertz CT molecular complexity index is 1020. The third-order valence-electron chi connectivity index (χ3n) is 6.52. The van der Waals surface area contributed by atoms with Gasteiger partial charge in [-0.3, -0.25) is 0 Å². The van der Waals surface area contributed by atoms with Crippen molar-refractivity contribution in [2.24, 2.45) is 0 Å². The van der Waals surface area contributed by atoms with Gasteiger partial charge in [0, 0.05) is 25.2 Å². The normalized spacial score (nSPS) is 23.2. The van der Waals surface area contributed by atoms with Crippen LogP contribution in [0.5, 0.6) is 5.75 Å². The zero-order valence-electron chi connectivity index (χ0n) is 18.2. The Kier molecular flexibility index (Phi) is 6.22. The monoisotopic (exact) mass is 458 g/mol. The number of nitrogens with zero attached hydrogens (tertiary/aromatic N) is 2. The third kappa shape index (κ3) is 4.30. The highest BCUT2D eigenvalue weighted by Gasteiger charge is 2.50. The van der Waals surface area contributed by atoms with Crippen molar-refractivity contribution in [2.75, 3.05) is 45.9 Å². The average molecular weight is 459 g/mol. The molecule has 0 amide bonds. The molecular weight excluding hydrogens is 428 g/mol. The number of fused-ring (bicyclic) bond motifs is 2. The van der Waals surface area contributed by atoms with Gasteiger partial charge >= 0.3 is 0 Å². The number of ether oxygens (including phenoxy) is 3. The lowest BCUT2D eigenvalue weighted by molar-refractivity contribution is -0.176. The second-order valence-corrected chi connectivity index (χ2v) is 10.5. The summed E-state index contributed by atoms with van der Waals surface area (Å²) in [6, 6.07) is 17.0. The second kappa shape index (κ2) is 9.11. The summed E-state index contributed by atoms with van der Waals surface area (Å²) in [4.78, 5) is 2.69. The zero-order valence-corrected chi connectivity index (χ0v) is 19.0. The molecule has 32 heavy (non-hydrogen) atoms. The maximum atomic E-state index is 13.2. The summed E-state index contributed by atoms with van der Waals surface area (Å²) < 4.78 is 45.9. The van der Waals surface area contributed by atoms with Crippen LogP contribution in [-0.2, 0) is 25.3 Å². The van der Waals surface area contributed by atoms with E-state index in [0.717, 1.165) is 44.6 Å². The van der Waals surface area contributed by atoms with Gasteiger partial charge in [0.25, 0.3) is 0 Å². The van der Waals surface area contributed by atoms with Crippen LogP contribution in [0.15, 0.2) is 59.5 Å². The fraction of sp³-hybridized carbons (Fsp3) is 0.500. The molecule has 3 aliphatic rings. The smallest absolute Gasteiger partial charge is 0.243 e. The molecule has 2 saturated heterocycles. The van der Waals surface area contributed by atoms with Crippen molar-refractivity contribution in [1.82, 2.24) is 9.21 Å². The van der Waals surface area contributed by atoms with Gasteiger partial charge in [-0.15, -0.1) is 0 Å². The van der Waals surface area contributed by atoms with Gasteiger partial charge in [-0.25, -0.2) is 8.42 Å². The molecular formula is C24H30N2O5S. The number of rotatable bonds is 6. The standard InChI is InChI=1S/C24H30N2O5S/c27-32(28)23-10-5-4-9-22(23)24(29-17-18-30-24)19-26(32)14-6-13-25-15-11-21(12-16-25)31-20-7-2-1-3-8-20/h1-5,7-10,21H,6,11-19H2. The molecule has 7 nitrogen and oxygen atoms in total. The van der Waals surface area contributed by atoms with Gasteiger partial charge in [-0.1, -0.05) is 36.4 Å². The molecule has 2 aromatic carbocycles. The maximum absolute atomic E-state index is 13.2. The summed E-state index contributed by atoms with van der Waals surface area (Å²) in [6.45, 7) is 4.39. The van der Waals surface area contributed by atoms with Crippen molar-refractivity contribution in [3.8, 4) is 5.75 Å². The molecule has 0 aliphatic carbocycles. The lowest BCUT2D eigenvalue weighted by Gasteiger charge is -2.39. The number of piperidine rings is 1.